The van der Waals surface area contributed by atoms with Gasteiger partial charge in [-0.1, -0.05) is 59.7 Å². The van der Waals surface area contributed by atoms with Crippen LogP contribution >= 0.6 is 11.9 Å². The second-order valence-corrected chi connectivity index (χ2v) is 9.12. The molecule has 0 aliphatic rings. The zero-order chi connectivity index (χ0) is 18.8. The van der Waals surface area contributed by atoms with Gasteiger partial charge in [0.15, 0.2) is 5.75 Å². The summed E-state index contributed by atoms with van der Waals surface area (Å²) in [5, 5.41) is 4.15. The van der Waals surface area contributed by atoms with E-state index in [9.17, 15) is 4.79 Å². The maximum absolute atomic E-state index is 12.3. The summed E-state index contributed by atoms with van der Waals surface area (Å²) >= 11 is 1.39. The minimum absolute atomic E-state index is 0.0407. The van der Waals surface area contributed by atoms with Gasteiger partial charge in [-0.15, -0.1) is 0 Å². The van der Waals surface area contributed by atoms with E-state index in [0.29, 0.717) is 11.5 Å². The van der Waals surface area contributed by atoms with Crippen LogP contribution in [0.25, 0.3) is 0 Å². The van der Waals surface area contributed by atoms with Crippen LogP contribution in [-0.2, 0) is 16.6 Å². The topological polar surface area (TPSA) is 44.1 Å². The summed E-state index contributed by atoms with van der Waals surface area (Å²) in [5.41, 5.74) is 3.73. The van der Waals surface area contributed by atoms with Gasteiger partial charge in [-0.25, -0.2) is 0 Å². The standard InChI is InChI=1S/C20H28N2O2S/c1-19(2,3)15-8-9-16(20(4,5)6)14(12-15)13-25-22-18(23)17(24-7)10-11-21-22/h8-12H,13H2,1-7H3. The minimum atomic E-state index is -0.223. The zero-order valence-corrected chi connectivity index (χ0v) is 17.0. The van der Waals surface area contributed by atoms with Crippen molar-refractivity contribution in [2.75, 3.05) is 7.11 Å². The van der Waals surface area contributed by atoms with Crippen LogP contribution in [0.2, 0.25) is 0 Å². The van der Waals surface area contributed by atoms with Gasteiger partial charge in [0.1, 0.15) is 0 Å². The molecule has 2 aromatic rings. The van der Waals surface area contributed by atoms with Gasteiger partial charge in [0.2, 0.25) is 0 Å². The number of methoxy groups -OCH3 is 1. The van der Waals surface area contributed by atoms with E-state index < -0.39 is 0 Å². The van der Waals surface area contributed by atoms with E-state index in [2.05, 4.69) is 64.8 Å². The molecule has 0 unspecified atom stereocenters. The largest absolute Gasteiger partial charge is 0.491 e. The van der Waals surface area contributed by atoms with Gasteiger partial charge in [0.05, 0.1) is 13.3 Å². The molecule has 0 spiro atoms. The molecule has 4 nitrogen and oxygen atoms in total. The third kappa shape index (κ3) is 4.66. The van der Waals surface area contributed by atoms with Gasteiger partial charge in [-0.05, 0) is 39.5 Å². The monoisotopic (exact) mass is 360 g/mol. The lowest BCUT2D eigenvalue weighted by Crippen LogP contribution is -2.20. The predicted octanol–water partition coefficient (Wildman–Crippen LogP) is 4.54. The van der Waals surface area contributed by atoms with Crippen LogP contribution in [0.5, 0.6) is 5.75 Å². The average Bonchev–Trinajstić information content (AvgIpc) is 2.52. The highest BCUT2D eigenvalue weighted by Gasteiger charge is 2.21. The molecule has 5 heteroatoms. The Morgan fingerprint density at radius 3 is 2.32 bits per heavy atom. The molecule has 1 aromatic heterocycles. The maximum atomic E-state index is 12.3. The SMILES string of the molecule is COc1ccnn(SCc2cc(C(C)(C)C)ccc2C(C)(C)C)c1=O. The Morgan fingerprint density at radius 1 is 1.08 bits per heavy atom. The fraction of sp³-hybridized carbons (Fsp3) is 0.500. The van der Waals surface area contributed by atoms with Crippen LogP contribution in [0.4, 0.5) is 0 Å². The van der Waals surface area contributed by atoms with Crippen LogP contribution in [0.3, 0.4) is 0 Å². The van der Waals surface area contributed by atoms with Crippen molar-refractivity contribution in [2.45, 2.75) is 58.1 Å². The predicted molar refractivity (Wildman–Crippen MR) is 106 cm³/mol. The lowest BCUT2D eigenvalue weighted by atomic mass is 9.80. The van der Waals surface area contributed by atoms with E-state index in [4.69, 9.17) is 4.74 Å². The highest BCUT2D eigenvalue weighted by atomic mass is 32.2. The Labute approximate surface area is 154 Å². The molecular formula is C20H28N2O2S. The molecule has 136 valence electrons. The van der Waals surface area contributed by atoms with Crippen LogP contribution < -0.4 is 10.3 Å². The first-order chi connectivity index (χ1) is 11.5. The minimum Gasteiger partial charge on any atom is -0.491 e. The first kappa shape index (κ1) is 19.6. The smallest absolute Gasteiger partial charge is 0.319 e. The molecule has 1 aromatic carbocycles. The molecule has 25 heavy (non-hydrogen) atoms. The quantitative estimate of drug-likeness (QED) is 0.803. The summed E-state index contributed by atoms with van der Waals surface area (Å²) in [6.45, 7) is 13.3. The Morgan fingerprint density at radius 2 is 1.76 bits per heavy atom. The van der Waals surface area contributed by atoms with Crippen molar-refractivity contribution in [3.63, 3.8) is 0 Å². The van der Waals surface area contributed by atoms with Gasteiger partial charge in [0.25, 0.3) is 0 Å². The third-order valence-corrected chi connectivity index (χ3v) is 5.07. The average molecular weight is 361 g/mol. The van der Waals surface area contributed by atoms with Gasteiger partial charge in [-0.3, -0.25) is 4.79 Å². The van der Waals surface area contributed by atoms with E-state index in [1.165, 1.54) is 39.8 Å². The molecule has 0 amide bonds. The number of ether oxygens (including phenoxy) is 1. The summed E-state index contributed by atoms with van der Waals surface area (Å²) in [4.78, 5) is 12.3. The zero-order valence-electron chi connectivity index (χ0n) is 16.2. The van der Waals surface area contributed by atoms with Crippen LogP contribution in [0, 0.1) is 0 Å². The van der Waals surface area contributed by atoms with Crippen molar-refractivity contribution in [3.8, 4) is 5.75 Å². The van der Waals surface area contributed by atoms with Crippen molar-refractivity contribution < 1.29 is 4.74 Å². The Bertz CT molecular complexity index is 799. The number of hydrogen-bond donors (Lipinski definition) is 0. The Kier molecular flexibility index (Phi) is 5.67. The van der Waals surface area contributed by atoms with E-state index in [1.807, 2.05) is 0 Å². The van der Waals surface area contributed by atoms with Crippen molar-refractivity contribution in [2.24, 2.45) is 0 Å². The maximum Gasteiger partial charge on any atom is 0.319 e. The third-order valence-electron chi connectivity index (χ3n) is 4.12. The van der Waals surface area contributed by atoms with Crippen molar-refractivity contribution in [1.29, 1.82) is 0 Å². The molecule has 0 saturated heterocycles. The van der Waals surface area contributed by atoms with Gasteiger partial charge >= 0.3 is 5.56 Å². The Balaban J connectivity index is 2.39. The fourth-order valence-electron chi connectivity index (χ4n) is 2.67. The number of benzene rings is 1. The summed E-state index contributed by atoms with van der Waals surface area (Å²) < 4.78 is 6.49. The molecule has 1 heterocycles. The molecule has 0 atom stereocenters. The molecular weight excluding hydrogens is 332 g/mol. The second kappa shape index (κ2) is 7.24. The lowest BCUT2D eigenvalue weighted by Gasteiger charge is -2.26. The summed E-state index contributed by atoms with van der Waals surface area (Å²) in [6, 6.07) is 8.28. The van der Waals surface area contributed by atoms with Gasteiger partial charge in [-0.2, -0.15) is 9.19 Å². The molecule has 0 saturated carbocycles. The number of rotatable bonds is 4. The summed E-state index contributed by atoms with van der Waals surface area (Å²) in [5.74, 6) is 0.985. The molecule has 0 radical (unpaired) electrons. The first-order valence-electron chi connectivity index (χ1n) is 8.43. The summed E-state index contributed by atoms with van der Waals surface area (Å²) in [6.07, 6.45) is 1.59. The highest BCUT2D eigenvalue weighted by molar-refractivity contribution is 7.96. The normalized spacial score (nSPS) is 12.3. The number of hydrogen-bond acceptors (Lipinski definition) is 4. The van der Waals surface area contributed by atoms with E-state index >= 15 is 0 Å². The molecule has 2 rings (SSSR count). The van der Waals surface area contributed by atoms with Crippen LogP contribution in [-0.4, -0.2) is 16.3 Å². The molecule has 0 aliphatic carbocycles. The molecule has 0 bridgehead atoms. The van der Waals surface area contributed by atoms with E-state index in [1.54, 1.807) is 12.3 Å². The second-order valence-electron chi connectivity index (χ2n) is 8.22. The van der Waals surface area contributed by atoms with Crippen LogP contribution in [0.1, 0.15) is 58.2 Å². The van der Waals surface area contributed by atoms with Gasteiger partial charge < -0.3 is 4.74 Å². The highest BCUT2D eigenvalue weighted by Crippen LogP contribution is 2.32. The number of aromatic nitrogens is 2. The van der Waals surface area contributed by atoms with E-state index in [0.717, 1.165) is 0 Å². The molecule has 0 fully saturated rings. The number of nitrogens with zero attached hydrogens (tertiary/aromatic N) is 2. The van der Waals surface area contributed by atoms with Crippen LogP contribution in [0.15, 0.2) is 35.3 Å². The lowest BCUT2D eigenvalue weighted by molar-refractivity contribution is 0.405. The van der Waals surface area contributed by atoms with Crippen molar-refractivity contribution in [3.05, 3.63) is 57.5 Å². The molecule has 0 N–H and O–H groups in total. The van der Waals surface area contributed by atoms with Crippen molar-refractivity contribution in [1.82, 2.24) is 9.19 Å². The first-order valence-corrected chi connectivity index (χ1v) is 9.38. The van der Waals surface area contributed by atoms with E-state index in [-0.39, 0.29) is 16.4 Å². The van der Waals surface area contributed by atoms with Gasteiger partial charge in [0, 0.05) is 11.8 Å². The molecule has 0 aliphatic heterocycles. The fourth-order valence-corrected chi connectivity index (χ4v) is 3.50. The summed E-state index contributed by atoms with van der Waals surface area (Å²) in [7, 11) is 1.50. The van der Waals surface area contributed by atoms with Crippen molar-refractivity contribution >= 4 is 11.9 Å². The Hall–Kier alpha value is -1.75.